The molecule has 3 aliphatic rings. The molecule has 0 N–H and O–H groups in total. The molecule has 1 heterocycles. The van der Waals surface area contributed by atoms with Gasteiger partial charge >= 0.3 is 0 Å². The Morgan fingerprint density at radius 2 is 1.83 bits per heavy atom. The molecule has 1 saturated heterocycles. The highest BCUT2D eigenvalue weighted by atomic mass is 17.4. The maximum absolute atomic E-state index is 5.23. The lowest BCUT2D eigenvalue weighted by molar-refractivity contribution is 0.0689. The predicted molar refractivity (Wildman–Crippen MR) is 44.1 cm³/mol. The van der Waals surface area contributed by atoms with Gasteiger partial charge in [-0.25, -0.2) is 0 Å². The Bertz CT molecular complexity index is 242. The lowest BCUT2D eigenvalue weighted by Crippen LogP contribution is -2.37. The summed E-state index contributed by atoms with van der Waals surface area (Å²) in [5.74, 6) is 0.643. The molecule has 2 heteroatoms. The molecule has 0 aromatic carbocycles. The van der Waals surface area contributed by atoms with Crippen molar-refractivity contribution in [3.8, 4) is 0 Å². The van der Waals surface area contributed by atoms with Gasteiger partial charge in [0.1, 0.15) is 0 Å². The molecule has 2 aliphatic carbocycles. The Kier molecular flexibility index (Phi) is 0.978. The SMILES string of the molecule is CC1(C)C2CCC1(C)C1(C2)OO1. The second-order valence-electron chi connectivity index (χ2n) is 5.41. The highest BCUT2D eigenvalue weighted by molar-refractivity contribution is 5.16. The fraction of sp³-hybridized carbons (Fsp3) is 1.00. The Morgan fingerprint density at radius 3 is 2.08 bits per heavy atom. The van der Waals surface area contributed by atoms with Crippen LogP contribution in [0.5, 0.6) is 0 Å². The number of rotatable bonds is 0. The van der Waals surface area contributed by atoms with E-state index in [2.05, 4.69) is 20.8 Å². The van der Waals surface area contributed by atoms with Gasteiger partial charge in [0.15, 0.2) is 0 Å². The quantitative estimate of drug-likeness (QED) is 0.410. The van der Waals surface area contributed by atoms with Crippen LogP contribution in [0.3, 0.4) is 0 Å². The van der Waals surface area contributed by atoms with Gasteiger partial charge in [-0.15, -0.1) is 0 Å². The van der Waals surface area contributed by atoms with E-state index < -0.39 is 0 Å². The maximum Gasteiger partial charge on any atom is 0.240 e. The number of hydrogen-bond donors (Lipinski definition) is 0. The molecule has 3 fully saturated rings. The van der Waals surface area contributed by atoms with Crippen LogP contribution in [0, 0.1) is 16.7 Å². The number of hydrogen-bond acceptors (Lipinski definition) is 2. The molecule has 1 aliphatic heterocycles. The Hall–Kier alpha value is -0.0800. The van der Waals surface area contributed by atoms with Crippen LogP contribution in [0.25, 0.3) is 0 Å². The monoisotopic (exact) mass is 168 g/mol. The summed E-state index contributed by atoms with van der Waals surface area (Å²) in [6.07, 6.45) is 3.75. The van der Waals surface area contributed by atoms with Gasteiger partial charge in [0.2, 0.25) is 5.79 Å². The largest absolute Gasteiger partial charge is 0.240 e. The molecule has 1 spiro atoms. The lowest BCUT2D eigenvalue weighted by Gasteiger charge is -2.34. The zero-order chi connectivity index (χ0) is 8.61. The smallest absolute Gasteiger partial charge is 0.194 e. The van der Waals surface area contributed by atoms with Crippen molar-refractivity contribution in [2.24, 2.45) is 16.7 Å². The van der Waals surface area contributed by atoms with Crippen molar-refractivity contribution in [2.45, 2.75) is 45.8 Å². The Morgan fingerprint density at radius 1 is 1.17 bits per heavy atom. The van der Waals surface area contributed by atoms with Crippen molar-refractivity contribution in [3.63, 3.8) is 0 Å². The van der Waals surface area contributed by atoms with E-state index in [0.717, 1.165) is 12.3 Å². The standard InChI is InChI=1S/C10H16O2/c1-8(2)7-4-5-9(8,3)10(6-7)11-12-10/h7H,4-6H2,1-3H3. The molecule has 68 valence electrons. The Labute approximate surface area is 73.2 Å². The van der Waals surface area contributed by atoms with E-state index in [9.17, 15) is 0 Å². The predicted octanol–water partition coefficient (Wildman–Crippen LogP) is 2.49. The first-order valence-electron chi connectivity index (χ1n) is 4.89. The molecule has 2 bridgehead atoms. The summed E-state index contributed by atoms with van der Waals surface area (Å²) < 4.78 is 0. The minimum Gasteiger partial charge on any atom is -0.194 e. The molecule has 0 aromatic rings. The molecule has 0 aromatic heterocycles. The molecule has 0 radical (unpaired) electrons. The van der Waals surface area contributed by atoms with Crippen molar-refractivity contribution in [2.75, 3.05) is 0 Å². The van der Waals surface area contributed by atoms with E-state index in [4.69, 9.17) is 9.78 Å². The third-order valence-electron chi connectivity index (χ3n) is 5.08. The van der Waals surface area contributed by atoms with Crippen LogP contribution in [-0.2, 0) is 9.78 Å². The van der Waals surface area contributed by atoms with Crippen molar-refractivity contribution in [3.05, 3.63) is 0 Å². The maximum atomic E-state index is 5.23. The summed E-state index contributed by atoms with van der Waals surface area (Å²) in [4.78, 5) is 10.5. The van der Waals surface area contributed by atoms with Gasteiger partial charge < -0.3 is 0 Å². The van der Waals surface area contributed by atoms with E-state index in [1.54, 1.807) is 0 Å². The molecule has 2 atom stereocenters. The van der Waals surface area contributed by atoms with Crippen LogP contribution >= 0.6 is 0 Å². The third kappa shape index (κ3) is 0.495. The van der Waals surface area contributed by atoms with Gasteiger partial charge in [-0.05, 0) is 24.2 Å². The molecular formula is C10H16O2. The van der Waals surface area contributed by atoms with Crippen LogP contribution < -0.4 is 0 Å². The first-order valence-corrected chi connectivity index (χ1v) is 4.89. The van der Waals surface area contributed by atoms with E-state index in [1.165, 1.54) is 12.8 Å². The summed E-state index contributed by atoms with van der Waals surface area (Å²) in [6.45, 7) is 7.06. The zero-order valence-electron chi connectivity index (χ0n) is 8.02. The van der Waals surface area contributed by atoms with E-state index in [1.807, 2.05) is 0 Å². The fourth-order valence-electron chi connectivity index (χ4n) is 3.49. The van der Waals surface area contributed by atoms with Gasteiger partial charge in [0, 0.05) is 11.8 Å². The summed E-state index contributed by atoms with van der Waals surface area (Å²) in [7, 11) is 0. The van der Waals surface area contributed by atoms with Gasteiger partial charge in [-0.2, -0.15) is 9.78 Å². The molecule has 12 heavy (non-hydrogen) atoms. The topological polar surface area (TPSA) is 25.1 Å². The molecule has 3 rings (SSSR count). The van der Waals surface area contributed by atoms with E-state index in [0.29, 0.717) is 5.41 Å². The average molecular weight is 168 g/mol. The van der Waals surface area contributed by atoms with Gasteiger partial charge in [-0.1, -0.05) is 20.8 Å². The second kappa shape index (κ2) is 1.60. The molecule has 2 unspecified atom stereocenters. The summed E-state index contributed by atoms with van der Waals surface area (Å²) in [5, 5.41) is 0. The van der Waals surface area contributed by atoms with Crippen LogP contribution in [0.15, 0.2) is 0 Å². The average Bonchev–Trinajstić information content (AvgIpc) is 2.69. The minimum atomic E-state index is -0.167. The fourth-order valence-corrected chi connectivity index (χ4v) is 3.49. The van der Waals surface area contributed by atoms with Crippen LogP contribution in [0.4, 0.5) is 0 Å². The van der Waals surface area contributed by atoms with Crippen molar-refractivity contribution in [1.29, 1.82) is 0 Å². The first-order chi connectivity index (χ1) is 5.52. The Balaban J connectivity index is 2.12. The third-order valence-corrected chi connectivity index (χ3v) is 5.08. The second-order valence-corrected chi connectivity index (χ2v) is 5.41. The van der Waals surface area contributed by atoms with Crippen molar-refractivity contribution < 1.29 is 9.78 Å². The van der Waals surface area contributed by atoms with Crippen molar-refractivity contribution >= 4 is 0 Å². The normalized spacial score (nSPS) is 51.8. The summed E-state index contributed by atoms with van der Waals surface area (Å²) >= 11 is 0. The molecule has 0 amide bonds. The van der Waals surface area contributed by atoms with E-state index in [-0.39, 0.29) is 11.2 Å². The van der Waals surface area contributed by atoms with Gasteiger partial charge in [0.25, 0.3) is 0 Å². The van der Waals surface area contributed by atoms with Gasteiger partial charge in [0.05, 0.1) is 0 Å². The van der Waals surface area contributed by atoms with E-state index >= 15 is 0 Å². The molecule has 2 saturated carbocycles. The molecule has 2 nitrogen and oxygen atoms in total. The molecular weight excluding hydrogens is 152 g/mol. The number of fused-ring (bicyclic) bond motifs is 3. The highest BCUT2D eigenvalue weighted by Crippen LogP contribution is 2.74. The van der Waals surface area contributed by atoms with Crippen molar-refractivity contribution in [1.82, 2.24) is 0 Å². The highest BCUT2D eigenvalue weighted by Gasteiger charge is 2.77. The van der Waals surface area contributed by atoms with Gasteiger partial charge in [-0.3, -0.25) is 0 Å². The minimum absolute atomic E-state index is 0.167. The van der Waals surface area contributed by atoms with Crippen LogP contribution in [-0.4, -0.2) is 5.79 Å². The summed E-state index contributed by atoms with van der Waals surface area (Å²) in [6, 6.07) is 0. The first kappa shape index (κ1) is 7.34. The summed E-state index contributed by atoms with van der Waals surface area (Å²) in [5.41, 5.74) is 0.675. The van der Waals surface area contributed by atoms with Crippen LogP contribution in [0.1, 0.15) is 40.0 Å². The zero-order valence-corrected chi connectivity index (χ0v) is 8.02. The lowest BCUT2D eigenvalue weighted by atomic mass is 9.69. The van der Waals surface area contributed by atoms with Crippen LogP contribution in [0.2, 0.25) is 0 Å².